The Bertz CT molecular complexity index is 645. The molecule has 0 spiro atoms. The summed E-state index contributed by atoms with van der Waals surface area (Å²) in [6.45, 7) is 0.539. The van der Waals surface area contributed by atoms with Gasteiger partial charge in [-0.3, -0.25) is 0 Å². The maximum atomic E-state index is 9.45. The number of methoxy groups -OCH3 is 1. The summed E-state index contributed by atoms with van der Waals surface area (Å²) < 4.78 is 11.8. The zero-order valence-corrected chi connectivity index (χ0v) is 12.5. The van der Waals surface area contributed by atoms with Crippen molar-refractivity contribution in [3.05, 3.63) is 46.4 Å². The molecule has 20 heavy (non-hydrogen) atoms. The van der Waals surface area contributed by atoms with Gasteiger partial charge in [-0.2, -0.15) is 0 Å². The minimum atomic E-state index is 0.0662. The molecule has 0 saturated carbocycles. The molecule has 0 amide bonds. The van der Waals surface area contributed by atoms with E-state index in [2.05, 4.69) is 21.2 Å². The number of hydrogen-bond acceptors (Lipinski definition) is 4. The molecule has 4 nitrogen and oxygen atoms in total. The number of nitrogens with one attached hydrogen (secondary N) is 1. The lowest BCUT2D eigenvalue weighted by Gasteiger charge is -2.14. The molecule has 1 aliphatic rings. The van der Waals surface area contributed by atoms with Gasteiger partial charge >= 0.3 is 0 Å². The molecule has 0 aromatic heterocycles. The van der Waals surface area contributed by atoms with Crippen LogP contribution >= 0.6 is 15.9 Å². The quantitative estimate of drug-likeness (QED) is 0.897. The van der Waals surface area contributed by atoms with Crippen LogP contribution in [0.25, 0.3) is 0 Å². The van der Waals surface area contributed by atoms with Gasteiger partial charge in [-0.05, 0) is 40.2 Å². The highest BCUT2D eigenvalue weighted by molar-refractivity contribution is 9.10. The molecule has 2 N–H and O–H groups in total. The molecule has 0 radical (unpaired) electrons. The number of anilines is 1. The molecule has 0 fully saturated rings. The van der Waals surface area contributed by atoms with Crippen LogP contribution in [0, 0.1) is 0 Å². The molecule has 2 aromatic rings. The van der Waals surface area contributed by atoms with Crippen LogP contribution in [0.4, 0.5) is 5.69 Å². The maximum absolute atomic E-state index is 9.45. The fourth-order valence-electron chi connectivity index (χ4n) is 2.27. The van der Waals surface area contributed by atoms with Crippen LogP contribution in [0.3, 0.4) is 0 Å². The first kappa shape index (κ1) is 13.1. The minimum absolute atomic E-state index is 0.0662. The Labute approximate surface area is 125 Å². The van der Waals surface area contributed by atoms with E-state index in [0.717, 1.165) is 27.2 Å². The molecule has 1 unspecified atom stereocenters. The molecule has 104 valence electrons. The molecule has 0 saturated heterocycles. The van der Waals surface area contributed by atoms with Crippen LogP contribution in [0.15, 0.2) is 40.9 Å². The number of fused-ring (bicyclic) bond motifs is 1. The topological polar surface area (TPSA) is 50.7 Å². The van der Waals surface area contributed by atoms with E-state index in [0.29, 0.717) is 6.61 Å². The second-order valence-electron chi connectivity index (χ2n) is 4.58. The SMILES string of the molecule is COc1cc(NC2COc3cc(O)ccc32)ccc1Br. The van der Waals surface area contributed by atoms with Crippen molar-refractivity contribution in [1.29, 1.82) is 0 Å². The van der Waals surface area contributed by atoms with Crippen LogP contribution in [0.2, 0.25) is 0 Å². The lowest BCUT2D eigenvalue weighted by Crippen LogP contribution is -2.11. The Morgan fingerprint density at radius 2 is 2.15 bits per heavy atom. The Morgan fingerprint density at radius 3 is 2.95 bits per heavy atom. The molecule has 1 aliphatic heterocycles. The number of hydrogen-bond donors (Lipinski definition) is 2. The predicted molar refractivity (Wildman–Crippen MR) is 80.7 cm³/mol. The van der Waals surface area contributed by atoms with Crippen molar-refractivity contribution >= 4 is 21.6 Å². The van der Waals surface area contributed by atoms with Crippen molar-refractivity contribution in [3.63, 3.8) is 0 Å². The Balaban J connectivity index is 1.84. The first-order valence-corrected chi connectivity index (χ1v) is 7.02. The molecule has 1 atom stereocenters. The van der Waals surface area contributed by atoms with E-state index in [9.17, 15) is 5.11 Å². The van der Waals surface area contributed by atoms with E-state index in [4.69, 9.17) is 9.47 Å². The van der Waals surface area contributed by atoms with Gasteiger partial charge in [0, 0.05) is 23.4 Å². The average Bonchev–Trinajstić information content (AvgIpc) is 2.83. The van der Waals surface area contributed by atoms with Crippen LogP contribution in [-0.4, -0.2) is 18.8 Å². The monoisotopic (exact) mass is 335 g/mol. The summed E-state index contributed by atoms with van der Waals surface area (Å²) in [5, 5.41) is 12.9. The highest BCUT2D eigenvalue weighted by atomic mass is 79.9. The highest BCUT2D eigenvalue weighted by Crippen LogP contribution is 2.37. The fraction of sp³-hybridized carbons (Fsp3) is 0.200. The van der Waals surface area contributed by atoms with E-state index >= 15 is 0 Å². The summed E-state index contributed by atoms with van der Waals surface area (Å²) in [7, 11) is 1.64. The first-order chi connectivity index (χ1) is 9.67. The Kier molecular flexibility index (Phi) is 3.44. The lowest BCUT2D eigenvalue weighted by atomic mass is 10.1. The average molecular weight is 336 g/mol. The number of aromatic hydroxyl groups is 1. The van der Waals surface area contributed by atoms with E-state index in [1.54, 1.807) is 19.2 Å². The molecule has 0 aliphatic carbocycles. The van der Waals surface area contributed by atoms with Crippen molar-refractivity contribution in [2.24, 2.45) is 0 Å². The largest absolute Gasteiger partial charge is 0.508 e. The summed E-state index contributed by atoms with van der Waals surface area (Å²) in [6, 6.07) is 11.1. The van der Waals surface area contributed by atoms with Gasteiger partial charge in [0.25, 0.3) is 0 Å². The van der Waals surface area contributed by atoms with Crippen LogP contribution in [-0.2, 0) is 0 Å². The Morgan fingerprint density at radius 1 is 1.30 bits per heavy atom. The fourth-order valence-corrected chi connectivity index (χ4v) is 2.68. The van der Waals surface area contributed by atoms with Gasteiger partial charge in [-0.25, -0.2) is 0 Å². The van der Waals surface area contributed by atoms with E-state index < -0.39 is 0 Å². The molecule has 2 aromatic carbocycles. The summed E-state index contributed by atoms with van der Waals surface area (Å²) in [5.41, 5.74) is 2.00. The van der Waals surface area contributed by atoms with Gasteiger partial charge in [0.05, 0.1) is 17.6 Å². The smallest absolute Gasteiger partial charge is 0.135 e. The normalized spacial score (nSPS) is 16.4. The summed E-state index contributed by atoms with van der Waals surface area (Å²) in [6.07, 6.45) is 0. The Hall–Kier alpha value is -1.88. The van der Waals surface area contributed by atoms with Gasteiger partial charge in [-0.1, -0.05) is 0 Å². The van der Waals surface area contributed by atoms with Gasteiger partial charge in [0.15, 0.2) is 0 Å². The second kappa shape index (κ2) is 5.25. The lowest BCUT2D eigenvalue weighted by molar-refractivity contribution is 0.338. The number of ether oxygens (including phenoxy) is 2. The third-order valence-corrected chi connectivity index (χ3v) is 3.93. The van der Waals surface area contributed by atoms with Gasteiger partial charge in [-0.15, -0.1) is 0 Å². The third-order valence-electron chi connectivity index (χ3n) is 3.27. The zero-order valence-electron chi connectivity index (χ0n) is 10.9. The second-order valence-corrected chi connectivity index (χ2v) is 5.43. The zero-order chi connectivity index (χ0) is 14.1. The summed E-state index contributed by atoms with van der Waals surface area (Å²) in [5.74, 6) is 1.72. The molecule has 0 bridgehead atoms. The molecule has 3 rings (SSSR count). The van der Waals surface area contributed by atoms with Crippen LogP contribution in [0.1, 0.15) is 11.6 Å². The highest BCUT2D eigenvalue weighted by Gasteiger charge is 2.24. The molecular formula is C15H14BrNO3. The van der Waals surface area contributed by atoms with Crippen molar-refractivity contribution in [2.75, 3.05) is 19.0 Å². The van der Waals surface area contributed by atoms with Gasteiger partial charge < -0.3 is 19.9 Å². The maximum Gasteiger partial charge on any atom is 0.135 e. The van der Waals surface area contributed by atoms with Crippen molar-refractivity contribution < 1.29 is 14.6 Å². The number of halogens is 1. The van der Waals surface area contributed by atoms with Gasteiger partial charge in [0.2, 0.25) is 0 Å². The standard InChI is InChI=1S/C15H14BrNO3/c1-19-15-6-9(2-5-12(15)16)17-13-8-20-14-7-10(18)3-4-11(13)14/h2-7,13,17-18H,8H2,1H3. The van der Waals surface area contributed by atoms with Crippen LogP contribution < -0.4 is 14.8 Å². The number of phenolic OH excluding ortho intramolecular Hbond substituents is 1. The first-order valence-electron chi connectivity index (χ1n) is 6.23. The number of rotatable bonds is 3. The summed E-state index contributed by atoms with van der Waals surface area (Å²) in [4.78, 5) is 0. The summed E-state index contributed by atoms with van der Waals surface area (Å²) >= 11 is 3.43. The van der Waals surface area contributed by atoms with Crippen molar-refractivity contribution in [2.45, 2.75) is 6.04 Å². The number of benzene rings is 2. The molecule has 1 heterocycles. The van der Waals surface area contributed by atoms with Crippen molar-refractivity contribution in [3.8, 4) is 17.2 Å². The van der Waals surface area contributed by atoms with Gasteiger partial charge in [0.1, 0.15) is 23.9 Å². The van der Waals surface area contributed by atoms with E-state index in [-0.39, 0.29) is 11.8 Å². The molecule has 5 heteroatoms. The predicted octanol–water partition coefficient (Wildman–Crippen LogP) is 3.71. The molecular weight excluding hydrogens is 322 g/mol. The van der Waals surface area contributed by atoms with Crippen LogP contribution in [0.5, 0.6) is 17.2 Å². The minimum Gasteiger partial charge on any atom is -0.508 e. The number of phenols is 1. The third kappa shape index (κ3) is 2.41. The van der Waals surface area contributed by atoms with E-state index in [1.165, 1.54) is 0 Å². The van der Waals surface area contributed by atoms with E-state index in [1.807, 2.05) is 24.3 Å². The van der Waals surface area contributed by atoms with Crippen molar-refractivity contribution in [1.82, 2.24) is 0 Å².